The van der Waals surface area contributed by atoms with Crippen LogP contribution in [-0.4, -0.2) is 63.7 Å². The van der Waals surface area contributed by atoms with Gasteiger partial charge in [-0.05, 0) is 48.9 Å². The predicted octanol–water partition coefficient (Wildman–Crippen LogP) is 3.02. The van der Waals surface area contributed by atoms with Gasteiger partial charge in [-0.2, -0.15) is 0 Å². The largest absolute Gasteiger partial charge is 0.454 e. The first-order chi connectivity index (χ1) is 15.1. The van der Waals surface area contributed by atoms with Crippen LogP contribution in [0, 0.1) is 6.92 Å². The summed E-state index contributed by atoms with van der Waals surface area (Å²) in [6.45, 7) is 5.91. The van der Waals surface area contributed by atoms with Crippen molar-refractivity contribution in [3.8, 4) is 17.2 Å². The minimum atomic E-state index is -0.0661. The summed E-state index contributed by atoms with van der Waals surface area (Å²) in [5.74, 6) is 1.53. The molecule has 1 fully saturated rings. The molecule has 0 N–H and O–H groups in total. The van der Waals surface area contributed by atoms with Crippen molar-refractivity contribution in [3.05, 3.63) is 63.9 Å². The molecule has 0 bridgehead atoms. The van der Waals surface area contributed by atoms with Crippen LogP contribution in [0.1, 0.15) is 21.7 Å². The van der Waals surface area contributed by atoms with E-state index in [0.29, 0.717) is 18.8 Å². The number of rotatable bonds is 4. The Morgan fingerprint density at radius 1 is 1.03 bits per heavy atom. The zero-order valence-electron chi connectivity index (χ0n) is 17.1. The van der Waals surface area contributed by atoms with Crippen LogP contribution >= 0.6 is 15.9 Å². The van der Waals surface area contributed by atoms with Gasteiger partial charge in [0, 0.05) is 37.2 Å². The quantitative estimate of drug-likeness (QED) is 0.567. The van der Waals surface area contributed by atoms with Crippen molar-refractivity contribution in [2.24, 2.45) is 0 Å². The maximum absolute atomic E-state index is 13.1. The minimum Gasteiger partial charge on any atom is -0.454 e. The number of hydrogen-bond acceptors (Lipinski definition) is 6. The Kier molecular flexibility index (Phi) is 5.37. The number of nitrogens with zero attached hydrogens (tertiary/aromatic N) is 5. The molecule has 5 rings (SSSR count). The topological polar surface area (TPSA) is 72.7 Å². The molecule has 0 radical (unpaired) electrons. The lowest BCUT2D eigenvalue weighted by Crippen LogP contribution is -2.48. The summed E-state index contributed by atoms with van der Waals surface area (Å²) in [6.07, 6.45) is 0. The van der Waals surface area contributed by atoms with E-state index in [1.54, 1.807) is 4.68 Å². The molecule has 1 amide bonds. The molecule has 1 aromatic heterocycles. The number of aromatic nitrogens is 3. The monoisotopic (exact) mass is 483 g/mol. The second-order valence-corrected chi connectivity index (χ2v) is 8.58. The van der Waals surface area contributed by atoms with Crippen LogP contribution < -0.4 is 9.47 Å². The van der Waals surface area contributed by atoms with Crippen LogP contribution in [-0.2, 0) is 6.54 Å². The van der Waals surface area contributed by atoms with E-state index >= 15 is 0 Å². The van der Waals surface area contributed by atoms with Crippen LogP contribution in [0.15, 0.2) is 46.9 Å². The van der Waals surface area contributed by atoms with Crippen molar-refractivity contribution in [3.63, 3.8) is 0 Å². The van der Waals surface area contributed by atoms with E-state index in [1.807, 2.05) is 48.2 Å². The fourth-order valence-electron chi connectivity index (χ4n) is 3.91. The molecule has 0 spiro atoms. The van der Waals surface area contributed by atoms with Crippen molar-refractivity contribution < 1.29 is 14.3 Å². The Hall–Kier alpha value is -2.91. The highest BCUT2D eigenvalue weighted by molar-refractivity contribution is 9.10. The van der Waals surface area contributed by atoms with E-state index in [1.165, 1.54) is 5.56 Å². The second kappa shape index (κ2) is 8.32. The summed E-state index contributed by atoms with van der Waals surface area (Å²) < 4.78 is 13.5. The average Bonchev–Trinajstić information content (AvgIpc) is 3.40. The van der Waals surface area contributed by atoms with Gasteiger partial charge in [-0.1, -0.05) is 27.2 Å². The third-order valence-electron chi connectivity index (χ3n) is 5.67. The van der Waals surface area contributed by atoms with Gasteiger partial charge in [-0.25, -0.2) is 4.68 Å². The fourth-order valence-corrected chi connectivity index (χ4v) is 4.17. The van der Waals surface area contributed by atoms with E-state index in [4.69, 9.17) is 9.47 Å². The Morgan fingerprint density at radius 2 is 1.77 bits per heavy atom. The van der Waals surface area contributed by atoms with E-state index < -0.39 is 0 Å². The summed E-state index contributed by atoms with van der Waals surface area (Å²) >= 11 is 3.43. The summed E-state index contributed by atoms with van der Waals surface area (Å²) in [4.78, 5) is 17.3. The molecular weight excluding hydrogens is 462 g/mol. The van der Waals surface area contributed by atoms with E-state index in [0.717, 1.165) is 47.0 Å². The highest BCUT2D eigenvalue weighted by atomic mass is 79.9. The second-order valence-electron chi connectivity index (χ2n) is 7.67. The Morgan fingerprint density at radius 3 is 2.55 bits per heavy atom. The van der Waals surface area contributed by atoms with Gasteiger partial charge in [0.05, 0.1) is 11.4 Å². The molecule has 3 heterocycles. The predicted molar refractivity (Wildman–Crippen MR) is 118 cm³/mol. The normalized spacial score (nSPS) is 16.0. The third-order valence-corrected chi connectivity index (χ3v) is 6.20. The van der Waals surface area contributed by atoms with Crippen molar-refractivity contribution in [1.29, 1.82) is 0 Å². The van der Waals surface area contributed by atoms with Gasteiger partial charge in [0.25, 0.3) is 5.91 Å². The molecule has 3 aromatic rings. The maximum atomic E-state index is 13.1. The van der Waals surface area contributed by atoms with E-state index in [-0.39, 0.29) is 12.7 Å². The SMILES string of the molecule is Cc1c(C(=O)N2CCN(Cc3ccc4c(c3)OCO4)CC2)nnn1-c1ccc(Br)cc1. The average molecular weight is 484 g/mol. The van der Waals surface area contributed by atoms with Gasteiger partial charge in [-0.3, -0.25) is 9.69 Å². The zero-order valence-corrected chi connectivity index (χ0v) is 18.7. The molecule has 0 saturated carbocycles. The number of halogens is 1. The summed E-state index contributed by atoms with van der Waals surface area (Å²) in [5.41, 5.74) is 3.21. The smallest absolute Gasteiger partial charge is 0.276 e. The van der Waals surface area contributed by atoms with Gasteiger partial charge in [0.2, 0.25) is 6.79 Å². The van der Waals surface area contributed by atoms with Crippen LogP contribution in [0.4, 0.5) is 0 Å². The number of piperazine rings is 1. The summed E-state index contributed by atoms with van der Waals surface area (Å²) in [5, 5.41) is 8.38. The van der Waals surface area contributed by atoms with Crippen molar-refractivity contribution in [1.82, 2.24) is 24.8 Å². The number of amides is 1. The summed E-state index contributed by atoms with van der Waals surface area (Å²) in [7, 11) is 0. The Balaban J connectivity index is 1.22. The molecule has 0 unspecified atom stereocenters. The summed E-state index contributed by atoms with van der Waals surface area (Å²) in [6, 6.07) is 13.8. The first-order valence-electron chi connectivity index (χ1n) is 10.2. The number of ether oxygens (including phenoxy) is 2. The Labute approximate surface area is 188 Å². The molecule has 160 valence electrons. The molecule has 1 saturated heterocycles. The number of carbonyl (C=O) groups is 1. The van der Waals surface area contributed by atoms with Gasteiger partial charge in [0.15, 0.2) is 17.2 Å². The van der Waals surface area contributed by atoms with Crippen LogP contribution in [0.3, 0.4) is 0 Å². The first kappa shape index (κ1) is 20.0. The van der Waals surface area contributed by atoms with Gasteiger partial charge < -0.3 is 14.4 Å². The molecule has 31 heavy (non-hydrogen) atoms. The molecule has 8 nitrogen and oxygen atoms in total. The van der Waals surface area contributed by atoms with Crippen molar-refractivity contribution in [2.75, 3.05) is 33.0 Å². The van der Waals surface area contributed by atoms with Crippen LogP contribution in [0.25, 0.3) is 5.69 Å². The van der Waals surface area contributed by atoms with E-state index in [9.17, 15) is 4.79 Å². The fraction of sp³-hybridized carbons (Fsp3) is 0.318. The lowest BCUT2D eigenvalue weighted by molar-refractivity contribution is 0.0622. The van der Waals surface area contributed by atoms with Crippen molar-refractivity contribution >= 4 is 21.8 Å². The number of fused-ring (bicyclic) bond motifs is 1. The Bertz CT molecular complexity index is 1110. The van der Waals surface area contributed by atoms with Gasteiger partial charge in [0.1, 0.15) is 0 Å². The standard InChI is InChI=1S/C22H22BrN5O3/c1-15-21(24-25-28(15)18-5-3-17(23)4-6-18)22(29)27-10-8-26(9-11-27)13-16-2-7-19-20(12-16)31-14-30-19/h2-7,12H,8-11,13-14H2,1H3. The molecule has 9 heteroatoms. The number of carbonyl (C=O) groups excluding carboxylic acids is 1. The molecule has 2 aromatic carbocycles. The van der Waals surface area contributed by atoms with Crippen LogP contribution in [0.5, 0.6) is 11.5 Å². The van der Waals surface area contributed by atoms with Crippen molar-refractivity contribution in [2.45, 2.75) is 13.5 Å². The molecule has 0 aliphatic carbocycles. The first-order valence-corrected chi connectivity index (χ1v) is 11.0. The van der Waals surface area contributed by atoms with E-state index in [2.05, 4.69) is 37.2 Å². The van der Waals surface area contributed by atoms with Gasteiger partial charge in [-0.15, -0.1) is 5.10 Å². The highest BCUT2D eigenvalue weighted by Crippen LogP contribution is 2.32. The minimum absolute atomic E-state index is 0.0661. The maximum Gasteiger partial charge on any atom is 0.276 e. The number of benzene rings is 2. The third kappa shape index (κ3) is 4.03. The molecule has 2 aliphatic heterocycles. The zero-order chi connectivity index (χ0) is 21.4. The highest BCUT2D eigenvalue weighted by Gasteiger charge is 2.27. The molecule has 2 aliphatic rings. The molecule has 0 atom stereocenters. The lowest BCUT2D eigenvalue weighted by Gasteiger charge is -2.34. The molecular formula is C22H22BrN5O3. The number of hydrogen-bond donors (Lipinski definition) is 0. The lowest BCUT2D eigenvalue weighted by atomic mass is 10.1. The van der Waals surface area contributed by atoms with Gasteiger partial charge >= 0.3 is 0 Å². The van der Waals surface area contributed by atoms with Crippen LogP contribution in [0.2, 0.25) is 0 Å².